The third-order valence-corrected chi connectivity index (χ3v) is 9.37. The highest BCUT2D eigenvalue weighted by atomic mass is 79.9. The zero-order valence-corrected chi connectivity index (χ0v) is 22.9. The minimum Gasteiger partial charge on any atom is -0.309 e. The van der Waals surface area contributed by atoms with Crippen LogP contribution >= 0.6 is 15.9 Å². The van der Waals surface area contributed by atoms with Gasteiger partial charge in [-0.1, -0.05) is 86.1 Å². The Morgan fingerprint density at radius 3 is 1.94 bits per heavy atom. The molecule has 6 aromatic rings. The van der Waals surface area contributed by atoms with Gasteiger partial charge in [-0.15, -0.1) is 0 Å². The molecule has 0 fully saturated rings. The van der Waals surface area contributed by atoms with E-state index in [0.29, 0.717) is 0 Å². The van der Waals surface area contributed by atoms with Crippen LogP contribution in [-0.4, -0.2) is 4.57 Å². The van der Waals surface area contributed by atoms with Gasteiger partial charge in [0.2, 0.25) is 0 Å². The van der Waals surface area contributed by atoms with E-state index in [1.165, 1.54) is 73.0 Å². The molecule has 0 unspecified atom stereocenters. The van der Waals surface area contributed by atoms with Crippen molar-refractivity contribution in [1.82, 2.24) is 4.57 Å². The van der Waals surface area contributed by atoms with E-state index < -0.39 is 0 Å². The van der Waals surface area contributed by atoms with Gasteiger partial charge < -0.3 is 4.57 Å². The molecular weight excluding hydrogens is 502 g/mol. The molecule has 7 rings (SSSR count). The smallest absolute Gasteiger partial charge is 0.0547 e. The largest absolute Gasteiger partial charge is 0.309 e. The third kappa shape index (κ3) is 3.13. The summed E-state index contributed by atoms with van der Waals surface area (Å²) in [5.41, 5.74) is 7.15. The van der Waals surface area contributed by atoms with Crippen LogP contribution in [-0.2, 0) is 10.8 Å². The molecule has 0 atom stereocenters. The summed E-state index contributed by atoms with van der Waals surface area (Å²) in [7, 11) is 0. The van der Waals surface area contributed by atoms with Crippen LogP contribution < -0.4 is 0 Å². The molecule has 0 N–H and O–H groups in total. The molecule has 0 spiro atoms. The number of nitrogens with zero attached hydrogens (tertiary/aromatic N) is 1. The second-order valence-electron chi connectivity index (χ2n) is 11.9. The first-order valence-corrected chi connectivity index (χ1v) is 13.7. The summed E-state index contributed by atoms with van der Waals surface area (Å²) < 4.78 is 3.63. The fourth-order valence-corrected chi connectivity index (χ4v) is 6.92. The van der Waals surface area contributed by atoms with Gasteiger partial charge in [-0.25, -0.2) is 0 Å². The lowest BCUT2D eigenvalue weighted by molar-refractivity contribution is 0.332. The maximum Gasteiger partial charge on any atom is 0.0547 e. The minimum atomic E-state index is 0.166. The molecule has 0 saturated heterocycles. The first kappa shape index (κ1) is 22.1. The zero-order valence-electron chi connectivity index (χ0n) is 21.3. The molecule has 0 bridgehead atoms. The topological polar surface area (TPSA) is 4.93 Å². The standard InChI is InChI=1S/C34H30BrN/c1-33(2)14-15-34(3,4)29-20-32-27(19-28(29)33)26-17-21-8-5-6-9-22(21)18-31(26)36(32)24-12-13-25-23(16-24)10-7-11-30(25)35/h5-13,16-20H,14-15H2,1-4H3. The summed E-state index contributed by atoms with van der Waals surface area (Å²) in [5.74, 6) is 0. The van der Waals surface area contributed by atoms with Gasteiger partial charge in [-0.2, -0.15) is 0 Å². The van der Waals surface area contributed by atoms with Gasteiger partial charge in [0.15, 0.2) is 0 Å². The lowest BCUT2D eigenvalue weighted by Crippen LogP contribution is -2.33. The Bertz CT molecular complexity index is 1850. The van der Waals surface area contributed by atoms with E-state index in [4.69, 9.17) is 0 Å². The molecule has 1 aromatic heterocycles. The Hall–Kier alpha value is -3.10. The van der Waals surface area contributed by atoms with Gasteiger partial charge in [-0.3, -0.25) is 0 Å². The van der Waals surface area contributed by atoms with E-state index in [1.807, 2.05) is 0 Å². The van der Waals surface area contributed by atoms with Crippen molar-refractivity contribution in [2.24, 2.45) is 0 Å². The normalized spacial score (nSPS) is 16.7. The minimum absolute atomic E-state index is 0.166. The highest BCUT2D eigenvalue weighted by Gasteiger charge is 2.37. The van der Waals surface area contributed by atoms with Crippen molar-refractivity contribution in [3.05, 3.63) is 101 Å². The van der Waals surface area contributed by atoms with E-state index in [9.17, 15) is 0 Å². The summed E-state index contributed by atoms with van der Waals surface area (Å²) in [6.07, 6.45) is 2.44. The number of hydrogen-bond donors (Lipinski definition) is 0. The summed E-state index contributed by atoms with van der Waals surface area (Å²) >= 11 is 3.73. The Morgan fingerprint density at radius 2 is 1.19 bits per heavy atom. The van der Waals surface area contributed by atoms with Crippen molar-refractivity contribution < 1.29 is 0 Å². The van der Waals surface area contributed by atoms with Crippen LogP contribution in [0.25, 0.3) is 49.0 Å². The van der Waals surface area contributed by atoms with E-state index in [2.05, 4.69) is 133 Å². The van der Waals surface area contributed by atoms with Crippen LogP contribution in [0.4, 0.5) is 0 Å². The summed E-state index contributed by atoms with van der Waals surface area (Å²) in [6, 6.07) is 31.9. The van der Waals surface area contributed by atoms with Crippen molar-refractivity contribution >= 4 is 59.3 Å². The van der Waals surface area contributed by atoms with Gasteiger partial charge in [-0.05, 0) is 98.8 Å². The van der Waals surface area contributed by atoms with Crippen LogP contribution in [0.5, 0.6) is 0 Å². The van der Waals surface area contributed by atoms with Crippen LogP contribution in [0.15, 0.2) is 89.4 Å². The molecule has 1 aliphatic rings. The first-order valence-electron chi connectivity index (χ1n) is 12.9. The molecule has 0 amide bonds. The van der Waals surface area contributed by atoms with Gasteiger partial charge in [0.1, 0.15) is 0 Å². The summed E-state index contributed by atoms with van der Waals surface area (Å²) in [5, 5.41) is 7.76. The van der Waals surface area contributed by atoms with Crippen LogP contribution in [0, 0.1) is 0 Å². The molecule has 1 heterocycles. The van der Waals surface area contributed by atoms with E-state index in [1.54, 1.807) is 0 Å². The van der Waals surface area contributed by atoms with Crippen molar-refractivity contribution in [2.75, 3.05) is 0 Å². The summed E-state index contributed by atoms with van der Waals surface area (Å²) in [4.78, 5) is 0. The van der Waals surface area contributed by atoms with Gasteiger partial charge in [0, 0.05) is 20.9 Å². The molecular formula is C34H30BrN. The molecule has 178 valence electrons. The molecule has 0 aliphatic heterocycles. The van der Waals surface area contributed by atoms with Crippen molar-refractivity contribution in [2.45, 2.75) is 51.4 Å². The van der Waals surface area contributed by atoms with Crippen LogP contribution in [0.2, 0.25) is 0 Å². The molecule has 36 heavy (non-hydrogen) atoms. The maximum absolute atomic E-state index is 3.73. The lowest BCUT2D eigenvalue weighted by Gasteiger charge is -2.42. The van der Waals surface area contributed by atoms with Gasteiger partial charge in [0.25, 0.3) is 0 Å². The highest BCUT2D eigenvalue weighted by molar-refractivity contribution is 9.10. The Kier molecular flexibility index (Phi) is 4.58. The second kappa shape index (κ2) is 7.46. The molecule has 1 nitrogen and oxygen atoms in total. The number of halogens is 1. The summed E-state index contributed by atoms with van der Waals surface area (Å²) in [6.45, 7) is 9.68. The number of fused-ring (bicyclic) bond motifs is 6. The van der Waals surface area contributed by atoms with Crippen molar-refractivity contribution in [1.29, 1.82) is 0 Å². The number of benzene rings is 5. The average Bonchev–Trinajstić information content (AvgIpc) is 3.17. The predicted molar refractivity (Wildman–Crippen MR) is 159 cm³/mol. The quantitative estimate of drug-likeness (QED) is 0.199. The second-order valence-corrected chi connectivity index (χ2v) is 12.7. The van der Waals surface area contributed by atoms with Crippen molar-refractivity contribution in [3.8, 4) is 5.69 Å². The van der Waals surface area contributed by atoms with E-state index in [-0.39, 0.29) is 10.8 Å². The first-order chi connectivity index (χ1) is 17.2. The van der Waals surface area contributed by atoms with Crippen LogP contribution in [0.1, 0.15) is 51.7 Å². The maximum atomic E-state index is 3.73. The highest BCUT2D eigenvalue weighted by Crippen LogP contribution is 2.48. The number of hydrogen-bond acceptors (Lipinski definition) is 0. The zero-order chi connectivity index (χ0) is 24.8. The number of aromatic nitrogens is 1. The molecule has 1 aliphatic carbocycles. The SMILES string of the molecule is CC1(C)CCC(C)(C)c2cc3c(cc21)c1cc2ccccc2cc1n3-c1ccc2c(Br)cccc2c1. The molecule has 0 radical (unpaired) electrons. The van der Waals surface area contributed by atoms with Gasteiger partial charge in [0.05, 0.1) is 11.0 Å². The lowest BCUT2D eigenvalue weighted by atomic mass is 9.63. The Balaban J connectivity index is 1.65. The fourth-order valence-electron chi connectivity index (χ4n) is 6.41. The van der Waals surface area contributed by atoms with Crippen LogP contribution in [0.3, 0.4) is 0 Å². The molecule has 2 heteroatoms. The molecule has 0 saturated carbocycles. The predicted octanol–water partition coefficient (Wildman–Crippen LogP) is 10.2. The average molecular weight is 533 g/mol. The Labute approximate surface area is 220 Å². The van der Waals surface area contributed by atoms with E-state index >= 15 is 0 Å². The number of rotatable bonds is 1. The van der Waals surface area contributed by atoms with E-state index in [0.717, 1.165) is 4.47 Å². The monoisotopic (exact) mass is 531 g/mol. The van der Waals surface area contributed by atoms with Crippen molar-refractivity contribution in [3.63, 3.8) is 0 Å². The van der Waals surface area contributed by atoms with Gasteiger partial charge >= 0.3 is 0 Å². The molecule has 5 aromatic carbocycles. The fraction of sp³-hybridized carbons (Fsp3) is 0.235. The Morgan fingerprint density at radius 1 is 0.583 bits per heavy atom. The third-order valence-electron chi connectivity index (χ3n) is 8.67.